The van der Waals surface area contributed by atoms with Crippen LogP contribution in [0.2, 0.25) is 0 Å². The first-order valence-electron chi connectivity index (χ1n) is 10.6. The van der Waals surface area contributed by atoms with Crippen molar-refractivity contribution >= 4 is 23.3 Å². The molecule has 1 atom stereocenters. The molecule has 1 aliphatic rings. The minimum atomic E-state index is -0.892. The number of Topliss-reactive ketones (excluding diaryl/α,β-unsaturated/α-hetero) is 1. The summed E-state index contributed by atoms with van der Waals surface area (Å²) in [6.07, 6.45) is 0.870. The Kier molecular flexibility index (Phi) is 6.17. The summed E-state index contributed by atoms with van der Waals surface area (Å²) in [6.45, 7) is 4.29. The third kappa shape index (κ3) is 4.19. The first-order valence-corrected chi connectivity index (χ1v) is 10.6. The molecule has 3 aromatic rings. The maximum atomic E-state index is 13.1. The topological polar surface area (TPSA) is 102 Å². The number of carbonyl (C=O) groups is 2. The fraction of sp³-hybridized carbons (Fsp3) is 0.240. The van der Waals surface area contributed by atoms with Gasteiger partial charge in [0.15, 0.2) is 5.82 Å². The lowest BCUT2D eigenvalue weighted by Crippen LogP contribution is -2.29. The third-order valence-electron chi connectivity index (χ3n) is 5.34. The van der Waals surface area contributed by atoms with Crippen LogP contribution in [0.15, 0.2) is 64.7 Å². The summed E-state index contributed by atoms with van der Waals surface area (Å²) in [5, 5.41) is 15.1. The van der Waals surface area contributed by atoms with Gasteiger partial charge in [-0.05, 0) is 55.3 Å². The number of ether oxygens (including phenoxy) is 2. The van der Waals surface area contributed by atoms with Crippen LogP contribution in [0.1, 0.15) is 36.3 Å². The van der Waals surface area contributed by atoms with E-state index in [9.17, 15) is 14.7 Å². The largest absolute Gasteiger partial charge is 0.507 e. The molecule has 0 spiro atoms. The van der Waals surface area contributed by atoms with E-state index in [4.69, 9.17) is 14.0 Å². The van der Waals surface area contributed by atoms with Gasteiger partial charge in [-0.1, -0.05) is 24.2 Å². The molecule has 1 aromatic heterocycles. The number of aliphatic hydroxyl groups is 1. The smallest absolute Gasteiger partial charge is 0.301 e. The first kappa shape index (κ1) is 22.1. The van der Waals surface area contributed by atoms with Crippen LogP contribution in [0, 0.1) is 6.92 Å². The number of aromatic nitrogens is 1. The lowest BCUT2D eigenvalue weighted by Gasteiger charge is -2.23. The molecule has 33 heavy (non-hydrogen) atoms. The predicted molar refractivity (Wildman–Crippen MR) is 121 cm³/mol. The van der Waals surface area contributed by atoms with Crippen molar-refractivity contribution in [3.8, 4) is 11.5 Å². The normalized spacial score (nSPS) is 17.4. The molecule has 2 heterocycles. The quantitative estimate of drug-likeness (QED) is 0.325. The highest BCUT2D eigenvalue weighted by molar-refractivity contribution is 6.51. The number of aliphatic hydroxyl groups excluding tert-OH is 1. The van der Waals surface area contributed by atoms with Crippen LogP contribution >= 0.6 is 0 Å². The highest BCUT2D eigenvalue weighted by Crippen LogP contribution is 2.42. The lowest BCUT2D eigenvalue weighted by atomic mass is 9.95. The van der Waals surface area contributed by atoms with Crippen molar-refractivity contribution in [2.75, 3.05) is 18.6 Å². The zero-order valence-electron chi connectivity index (χ0n) is 18.6. The van der Waals surface area contributed by atoms with Crippen molar-refractivity contribution in [2.45, 2.75) is 26.3 Å². The van der Waals surface area contributed by atoms with Crippen molar-refractivity contribution in [1.29, 1.82) is 0 Å². The average Bonchev–Trinajstić information content (AvgIpc) is 3.38. The van der Waals surface area contributed by atoms with Crippen LogP contribution in [-0.2, 0) is 9.59 Å². The van der Waals surface area contributed by atoms with Crippen LogP contribution in [0.25, 0.3) is 5.76 Å². The van der Waals surface area contributed by atoms with Gasteiger partial charge in [-0.15, -0.1) is 0 Å². The number of rotatable bonds is 7. The number of methoxy groups -OCH3 is 1. The number of aryl methyl sites for hydroxylation is 1. The van der Waals surface area contributed by atoms with Gasteiger partial charge in [0.25, 0.3) is 5.78 Å². The summed E-state index contributed by atoms with van der Waals surface area (Å²) in [5.41, 5.74) is 0.972. The van der Waals surface area contributed by atoms with Crippen LogP contribution in [0.4, 0.5) is 5.82 Å². The molecule has 1 unspecified atom stereocenters. The number of benzene rings is 2. The molecule has 0 aliphatic carbocycles. The van der Waals surface area contributed by atoms with E-state index in [0.717, 1.165) is 6.42 Å². The van der Waals surface area contributed by atoms with E-state index in [1.165, 1.54) is 12.0 Å². The lowest BCUT2D eigenvalue weighted by molar-refractivity contribution is -0.132. The third-order valence-corrected chi connectivity index (χ3v) is 5.34. The number of ketones is 1. The molecule has 1 saturated heterocycles. The summed E-state index contributed by atoms with van der Waals surface area (Å²) in [5.74, 6) is 0.0723. The fourth-order valence-corrected chi connectivity index (χ4v) is 3.72. The summed E-state index contributed by atoms with van der Waals surface area (Å²) < 4.78 is 16.0. The van der Waals surface area contributed by atoms with Gasteiger partial charge in [0.1, 0.15) is 23.0 Å². The van der Waals surface area contributed by atoms with E-state index in [1.807, 2.05) is 6.92 Å². The Balaban J connectivity index is 1.84. The van der Waals surface area contributed by atoms with Gasteiger partial charge in [0, 0.05) is 11.6 Å². The predicted octanol–water partition coefficient (Wildman–Crippen LogP) is 4.41. The van der Waals surface area contributed by atoms with Crippen LogP contribution in [-0.4, -0.2) is 35.7 Å². The minimum absolute atomic E-state index is 0.0342. The Bertz CT molecular complexity index is 1190. The summed E-state index contributed by atoms with van der Waals surface area (Å²) in [7, 11) is 1.54. The number of carbonyl (C=O) groups excluding carboxylic acids is 2. The zero-order chi connectivity index (χ0) is 23.5. The average molecular weight is 448 g/mol. The van der Waals surface area contributed by atoms with Crippen molar-refractivity contribution in [3.63, 3.8) is 0 Å². The van der Waals surface area contributed by atoms with Crippen molar-refractivity contribution in [3.05, 3.63) is 77.1 Å². The molecule has 1 N–H and O–H groups in total. The van der Waals surface area contributed by atoms with Gasteiger partial charge in [-0.25, -0.2) is 0 Å². The number of hydrogen-bond donors (Lipinski definition) is 1. The highest BCUT2D eigenvalue weighted by atomic mass is 16.5. The van der Waals surface area contributed by atoms with E-state index < -0.39 is 17.7 Å². The Hall–Kier alpha value is -4.07. The van der Waals surface area contributed by atoms with Gasteiger partial charge in [0.2, 0.25) is 0 Å². The Morgan fingerprint density at radius 3 is 2.33 bits per heavy atom. The number of hydrogen-bond acceptors (Lipinski definition) is 7. The molecule has 170 valence electrons. The van der Waals surface area contributed by atoms with Crippen molar-refractivity contribution < 1.29 is 28.7 Å². The number of amides is 1. The minimum Gasteiger partial charge on any atom is -0.507 e. The van der Waals surface area contributed by atoms with E-state index in [1.54, 1.807) is 61.5 Å². The Morgan fingerprint density at radius 2 is 1.76 bits per heavy atom. The van der Waals surface area contributed by atoms with Crippen molar-refractivity contribution in [1.82, 2.24) is 5.16 Å². The standard InChI is InChI=1S/C25H24N2O6/c1-4-13-32-19-11-5-16(6-12-19)22-21(23(28)17-7-9-18(31-3)10-8-17)24(29)25(30)27(22)20-14-15(2)33-26-20/h5-12,14,22,28H,4,13H2,1-3H3. The Labute approximate surface area is 191 Å². The second-order valence-corrected chi connectivity index (χ2v) is 7.61. The van der Waals surface area contributed by atoms with Crippen molar-refractivity contribution in [2.24, 2.45) is 0 Å². The van der Waals surface area contributed by atoms with E-state index in [2.05, 4.69) is 5.16 Å². The molecular weight excluding hydrogens is 424 g/mol. The van der Waals surface area contributed by atoms with E-state index in [0.29, 0.717) is 35.0 Å². The Morgan fingerprint density at radius 1 is 1.09 bits per heavy atom. The zero-order valence-corrected chi connectivity index (χ0v) is 18.6. The van der Waals surface area contributed by atoms with Gasteiger partial charge >= 0.3 is 5.91 Å². The number of nitrogens with zero attached hydrogens (tertiary/aromatic N) is 2. The molecule has 0 saturated carbocycles. The van der Waals surface area contributed by atoms with Crippen LogP contribution in [0.5, 0.6) is 11.5 Å². The summed E-state index contributed by atoms with van der Waals surface area (Å²) in [6, 6.07) is 14.3. The molecule has 1 aliphatic heterocycles. The van der Waals surface area contributed by atoms with E-state index in [-0.39, 0.29) is 17.2 Å². The molecule has 0 radical (unpaired) electrons. The van der Waals surface area contributed by atoms with Gasteiger partial charge in [-0.3, -0.25) is 14.5 Å². The van der Waals surface area contributed by atoms with Gasteiger partial charge in [0.05, 0.1) is 25.3 Å². The molecule has 8 heteroatoms. The summed E-state index contributed by atoms with van der Waals surface area (Å²) >= 11 is 0. The second-order valence-electron chi connectivity index (χ2n) is 7.61. The maximum Gasteiger partial charge on any atom is 0.301 e. The van der Waals surface area contributed by atoms with Gasteiger partial charge < -0.3 is 19.1 Å². The summed E-state index contributed by atoms with van der Waals surface area (Å²) in [4.78, 5) is 27.4. The second kappa shape index (κ2) is 9.20. The SMILES string of the molecule is CCCOc1ccc(C2C(=C(O)c3ccc(OC)cc3)C(=O)C(=O)N2c2cc(C)on2)cc1. The molecule has 1 fully saturated rings. The molecule has 2 aromatic carbocycles. The molecule has 8 nitrogen and oxygen atoms in total. The molecule has 0 bridgehead atoms. The molecule has 4 rings (SSSR count). The molecular formula is C25H24N2O6. The highest BCUT2D eigenvalue weighted by Gasteiger charge is 2.48. The fourth-order valence-electron chi connectivity index (χ4n) is 3.72. The monoisotopic (exact) mass is 448 g/mol. The van der Waals surface area contributed by atoms with Crippen LogP contribution in [0.3, 0.4) is 0 Å². The first-order chi connectivity index (χ1) is 15.9. The maximum absolute atomic E-state index is 13.1. The van der Waals surface area contributed by atoms with E-state index >= 15 is 0 Å². The number of anilines is 1. The molecule has 1 amide bonds. The van der Waals surface area contributed by atoms with Gasteiger partial charge in [-0.2, -0.15) is 0 Å². The van der Waals surface area contributed by atoms with Crippen LogP contribution < -0.4 is 14.4 Å².